The molecule has 0 aromatic heterocycles. The van der Waals surface area contributed by atoms with Crippen LogP contribution in [0, 0.1) is 5.92 Å². The van der Waals surface area contributed by atoms with E-state index >= 15 is 0 Å². The molecule has 0 heterocycles. The molecule has 1 aliphatic carbocycles. The van der Waals surface area contributed by atoms with Gasteiger partial charge in [-0.25, -0.2) is 0 Å². The van der Waals surface area contributed by atoms with Crippen molar-refractivity contribution >= 4 is 5.97 Å². The second-order valence-electron chi connectivity index (χ2n) is 3.09. The van der Waals surface area contributed by atoms with Gasteiger partial charge < -0.3 is 10.5 Å². The number of allylic oxidation sites excluding steroid dienone is 2. The van der Waals surface area contributed by atoms with Crippen molar-refractivity contribution < 1.29 is 9.53 Å². The lowest BCUT2D eigenvalue weighted by molar-refractivity contribution is -0.143. The number of hydrogen-bond donors (Lipinski definition) is 1. The number of esters is 1. The van der Waals surface area contributed by atoms with E-state index in [1.807, 2.05) is 0 Å². The molecule has 0 spiro atoms. The summed E-state index contributed by atoms with van der Waals surface area (Å²) in [5.74, 6) is -0.0299. The Kier molecular flexibility index (Phi) is 3.29. The largest absolute Gasteiger partial charge is 0.468 e. The number of ether oxygens (including phenoxy) is 1. The molecule has 12 heavy (non-hydrogen) atoms. The van der Waals surface area contributed by atoms with E-state index < -0.39 is 6.04 Å². The van der Waals surface area contributed by atoms with Crippen molar-refractivity contribution in [2.45, 2.75) is 25.3 Å². The topological polar surface area (TPSA) is 52.3 Å². The first-order valence-corrected chi connectivity index (χ1v) is 4.24. The van der Waals surface area contributed by atoms with Gasteiger partial charge in [0, 0.05) is 0 Å². The van der Waals surface area contributed by atoms with E-state index in [-0.39, 0.29) is 11.9 Å². The first kappa shape index (κ1) is 9.26. The first-order valence-electron chi connectivity index (χ1n) is 4.24. The summed E-state index contributed by atoms with van der Waals surface area (Å²) in [5.41, 5.74) is 5.69. The lowest BCUT2D eigenvalue weighted by Gasteiger charge is -2.22. The normalized spacial score (nSPS) is 25.0. The first-order chi connectivity index (χ1) is 5.75. The third kappa shape index (κ3) is 2.08. The number of carbonyl (C=O) groups is 1. The van der Waals surface area contributed by atoms with Gasteiger partial charge in [0.1, 0.15) is 6.04 Å². The highest BCUT2D eigenvalue weighted by atomic mass is 16.5. The van der Waals surface area contributed by atoms with Gasteiger partial charge in [0.05, 0.1) is 7.11 Å². The summed E-state index contributed by atoms with van der Waals surface area (Å²) < 4.78 is 4.58. The fraction of sp³-hybridized carbons (Fsp3) is 0.667. The average Bonchev–Trinajstić information content (AvgIpc) is 2.17. The van der Waals surface area contributed by atoms with Crippen LogP contribution >= 0.6 is 0 Å². The predicted molar refractivity (Wildman–Crippen MR) is 46.5 cm³/mol. The third-order valence-electron chi connectivity index (χ3n) is 2.29. The van der Waals surface area contributed by atoms with Gasteiger partial charge in [-0.15, -0.1) is 0 Å². The van der Waals surface area contributed by atoms with E-state index in [0.717, 1.165) is 19.3 Å². The van der Waals surface area contributed by atoms with Gasteiger partial charge in [0.25, 0.3) is 0 Å². The van der Waals surface area contributed by atoms with E-state index in [1.165, 1.54) is 7.11 Å². The van der Waals surface area contributed by atoms with Gasteiger partial charge in [0.2, 0.25) is 0 Å². The Balaban J connectivity index is 2.46. The molecule has 0 aromatic carbocycles. The van der Waals surface area contributed by atoms with Crippen molar-refractivity contribution in [3.8, 4) is 0 Å². The zero-order valence-electron chi connectivity index (χ0n) is 7.32. The fourth-order valence-electron chi connectivity index (χ4n) is 1.47. The van der Waals surface area contributed by atoms with Crippen LogP contribution in [0.4, 0.5) is 0 Å². The minimum Gasteiger partial charge on any atom is -0.468 e. The van der Waals surface area contributed by atoms with Crippen LogP contribution in [0.5, 0.6) is 0 Å². The van der Waals surface area contributed by atoms with Crippen LogP contribution in [0.3, 0.4) is 0 Å². The van der Waals surface area contributed by atoms with Crippen molar-refractivity contribution in [3.63, 3.8) is 0 Å². The summed E-state index contributed by atoms with van der Waals surface area (Å²) in [6.07, 6.45) is 7.12. The maximum atomic E-state index is 11.0. The quantitative estimate of drug-likeness (QED) is 0.492. The molecule has 0 saturated heterocycles. The van der Waals surface area contributed by atoms with Crippen LogP contribution in [0.25, 0.3) is 0 Å². The second-order valence-corrected chi connectivity index (χ2v) is 3.09. The number of carbonyl (C=O) groups excluding carboxylic acids is 1. The van der Waals surface area contributed by atoms with Gasteiger partial charge in [-0.05, 0) is 25.2 Å². The van der Waals surface area contributed by atoms with Crippen molar-refractivity contribution in [2.75, 3.05) is 7.11 Å². The van der Waals surface area contributed by atoms with Gasteiger partial charge in [-0.1, -0.05) is 12.2 Å². The summed E-state index contributed by atoms with van der Waals surface area (Å²) in [6.45, 7) is 0. The van der Waals surface area contributed by atoms with Gasteiger partial charge in [-0.3, -0.25) is 4.79 Å². The SMILES string of the molecule is COC(=O)C(N)C1CC=CCC1. The van der Waals surface area contributed by atoms with E-state index in [1.54, 1.807) is 0 Å². The summed E-state index contributed by atoms with van der Waals surface area (Å²) in [7, 11) is 1.38. The van der Waals surface area contributed by atoms with Crippen LogP contribution < -0.4 is 5.73 Å². The monoisotopic (exact) mass is 169 g/mol. The Morgan fingerprint density at radius 2 is 2.42 bits per heavy atom. The summed E-state index contributed by atoms with van der Waals surface area (Å²) in [4.78, 5) is 11.0. The number of rotatable bonds is 2. The van der Waals surface area contributed by atoms with Crippen LogP contribution in [0.15, 0.2) is 12.2 Å². The van der Waals surface area contributed by atoms with Crippen molar-refractivity contribution in [1.29, 1.82) is 0 Å². The molecule has 68 valence electrons. The molecule has 2 N–H and O–H groups in total. The maximum Gasteiger partial charge on any atom is 0.322 e. The molecule has 2 unspecified atom stereocenters. The van der Waals surface area contributed by atoms with Crippen LogP contribution in [-0.4, -0.2) is 19.1 Å². The van der Waals surface area contributed by atoms with E-state index in [9.17, 15) is 4.79 Å². The highest BCUT2D eigenvalue weighted by Gasteiger charge is 2.24. The summed E-state index contributed by atoms with van der Waals surface area (Å²) in [5, 5.41) is 0. The molecule has 0 saturated carbocycles. The van der Waals surface area contributed by atoms with Crippen molar-refractivity contribution in [1.82, 2.24) is 0 Å². The second kappa shape index (κ2) is 4.26. The Morgan fingerprint density at radius 3 is 2.92 bits per heavy atom. The van der Waals surface area contributed by atoms with E-state index in [2.05, 4.69) is 16.9 Å². The molecule has 3 nitrogen and oxygen atoms in total. The molecule has 0 bridgehead atoms. The summed E-state index contributed by atoms with van der Waals surface area (Å²) >= 11 is 0. The molecule has 3 heteroatoms. The van der Waals surface area contributed by atoms with E-state index in [4.69, 9.17) is 5.73 Å². The van der Waals surface area contributed by atoms with Crippen molar-refractivity contribution in [2.24, 2.45) is 11.7 Å². The Labute approximate surface area is 72.6 Å². The number of methoxy groups -OCH3 is 1. The highest BCUT2D eigenvalue weighted by molar-refractivity contribution is 5.75. The summed E-state index contributed by atoms with van der Waals surface area (Å²) in [6, 6.07) is -0.444. The fourth-order valence-corrected chi connectivity index (χ4v) is 1.47. The molecule has 0 radical (unpaired) electrons. The maximum absolute atomic E-state index is 11.0. The Morgan fingerprint density at radius 1 is 1.67 bits per heavy atom. The molecule has 2 atom stereocenters. The molecular formula is C9H15NO2. The molecule has 0 fully saturated rings. The highest BCUT2D eigenvalue weighted by Crippen LogP contribution is 2.20. The zero-order chi connectivity index (χ0) is 8.97. The molecule has 1 aliphatic rings. The zero-order valence-corrected chi connectivity index (χ0v) is 7.32. The molecular weight excluding hydrogens is 154 g/mol. The lowest BCUT2D eigenvalue weighted by atomic mass is 9.88. The predicted octanol–water partition coefficient (Wildman–Crippen LogP) is 0.843. The van der Waals surface area contributed by atoms with Crippen LogP contribution in [-0.2, 0) is 9.53 Å². The lowest BCUT2D eigenvalue weighted by Crippen LogP contribution is -2.39. The third-order valence-corrected chi connectivity index (χ3v) is 2.29. The smallest absolute Gasteiger partial charge is 0.322 e. The van der Waals surface area contributed by atoms with E-state index in [0.29, 0.717) is 0 Å². The van der Waals surface area contributed by atoms with Crippen LogP contribution in [0.1, 0.15) is 19.3 Å². The Bertz CT molecular complexity index is 189. The number of nitrogens with two attached hydrogens (primary N) is 1. The minimum absolute atomic E-state index is 0.266. The van der Waals surface area contributed by atoms with Gasteiger partial charge in [0.15, 0.2) is 0 Å². The standard InChI is InChI=1S/C9H15NO2/c1-12-9(11)8(10)7-5-3-2-4-6-7/h2-3,7-8H,4-6,10H2,1H3. The van der Waals surface area contributed by atoms with Gasteiger partial charge >= 0.3 is 5.97 Å². The minimum atomic E-state index is -0.444. The van der Waals surface area contributed by atoms with Crippen molar-refractivity contribution in [3.05, 3.63) is 12.2 Å². The average molecular weight is 169 g/mol. The van der Waals surface area contributed by atoms with Gasteiger partial charge in [-0.2, -0.15) is 0 Å². The van der Waals surface area contributed by atoms with Crippen LogP contribution in [0.2, 0.25) is 0 Å². The molecule has 0 aliphatic heterocycles. The Hall–Kier alpha value is -0.830. The molecule has 0 aromatic rings. The molecule has 1 rings (SSSR count). The molecule has 0 amide bonds. The number of hydrogen-bond acceptors (Lipinski definition) is 3.